The van der Waals surface area contributed by atoms with Gasteiger partial charge in [0.05, 0.1) is 18.2 Å². The van der Waals surface area contributed by atoms with E-state index in [0.29, 0.717) is 33.1 Å². The van der Waals surface area contributed by atoms with Gasteiger partial charge in [0, 0.05) is 23.3 Å². The van der Waals surface area contributed by atoms with Crippen LogP contribution in [0.25, 0.3) is 0 Å². The molecule has 0 saturated carbocycles. The summed E-state index contributed by atoms with van der Waals surface area (Å²) in [5.74, 6) is 0.892. The molecule has 1 atom stereocenters. The SMILES string of the molecule is Cc1ccc(Nc2nn(CN(CC(C)C)[C@H]3CCS(=O)(=O)C3)c(=S)s2)cc1Cl. The third-order valence-electron chi connectivity index (χ3n) is 4.67. The average molecular weight is 461 g/mol. The molecule has 10 heteroatoms. The summed E-state index contributed by atoms with van der Waals surface area (Å²) in [6.07, 6.45) is 0.666. The smallest absolute Gasteiger partial charge is 0.209 e. The van der Waals surface area contributed by atoms with E-state index in [2.05, 4.69) is 29.2 Å². The molecule has 3 rings (SSSR count). The Bertz CT molecular complexity index is 1000. The monoisotopic (exact) mass is 460 g/mol. The van der Waals surface area contributed by atoms with Gasteiger partial charge in [-0.2, -0.15) is 0 Å². The van der Waals surface area contributed by atoms with Crippen LogP contribution in [0, 0.1) is 16.8 Å². The molecular formula is C18H25ClN4O2S3. The summed E-state index contributed by atoms with van der Waals surface area (Å²) in [7, 11) is -2.94. The van der Waals surface area contributed by atoms with Crippen molar-refractivity contribution in [2.45, 2.75) is 39.9 Å². The highest BCUT2D eigenvalue weighted by atomic mass is 35.5. The Morgan fingerprint density at radius 2 is 2.21 bits per heavy atom. The van der Waals surface area contributed by atoms with Gasteiger partial charge < -0.3 is 5.32 Å². The molecule has 28 heavy (non-hydrogen) atoms. The van der Waals surface area contributed by atoms with Gasteiger partial charge in [-0.15, -0.1) is 5.10 Å². The second-order valence-corrected chi connectivity index (χ2v) is 11.9. The van der Waals surface area contributed by atoms with Crippen molar-refractivity contribution in [1.29, 1.82) is 0 Å². The maximum Gasteiger partial charge on any atom is 0.209 e. The molecule has 6 nitrogen and oxygen atoms in total. The number of anilines is 2. The van der Waals surface area contributed by atoms with Gasteiger partial charge in [-0.05, 0) is 49.2 Å². The van der Waals surface area contributed by atoms with Crippen molar-refractivity contribution < 1.29 is 8.42 Å². The molecule has 1 aromatic heterocycles. The van der Waals surface area contributed by atoms with Crippen molar-refractivity contribution in [3.05, 3.63) is 32.7 Å². The van der Waals surface area contributed by atoms with Crippen LogP contribution in [-0.4, -0.2) is 47.2 Å². The lowest BCUT2D eigenvalue weighted by Crippen LogP contribution is -2.40. The summed E-state index contributed by atoms with van der Waals surface area (Å²) in [6.45, 7) is 7.51. The molecule has 0 radical (unpaired) electrons. The lowest BCUT2D eigenvalue weighted by molar-refractivity contribution is 0.138. The molecule has 2 aromatic rings. The van der Waals surface area contributed by atoms with E-state index in [-0.39, 0.29) is 17.5 Å². The van der Waals surface area contributed by atoms with E-state index in [4.69, 9.17) is 23.8 Å². The van der Waals surface area contributed by atoms with Crippen LogP contribution in [0.1, 0.15) is 25.8 Å². The van der Waals surface area contributed by atoms with Crippen LogP contribution in [-0.2, 0) is 16.5 Å². The van der Waals surface area contributed by atoms with Gasteiger partial charge in [0.25, 0.3) is 0 Å². The van der Waals surface area contributed by atoms with Crippen LogP contribution < -0.4 is 5.32 Å². The third-order valence-corrected chi connectivity index (χ3v) is 8.05. The average Bonchev–Trinajstić information content (AvgIpc) is 3.12. The first-order chi connectivity index (χ1) is 13.1. The first-order valence-electron chi connectivity index (χ1n) is 9.18. The number of aryl methyl sites for hydroxylation is 1. The Hall–Kier alpha value is -1.00. The Morgan fingerprint density at radius 3 is 2.82 bits per heavy atom. The molecule has 1 aliphatic rings. The molecule has 0 bridgehead atoms. The van der Waals surface area contributed by atoms with E-state index in [1.54, 1.807) is 4.68 Å². The summed E-state index contributed by atoms with van der Waals surface area (Å²) >= 11 is 13.1. The van der Waals surface area contributed by atoms with Gasteiger partial charge in [-0.25, -0.2) is 13.1 Å². The van der Waals surface area contributed by atoms with Crippen molar-refractivity contribution in [3.63, 3.8) is 0 Å². The van der Waals surface area contributed by atoms with E-state index in [1.165, 1.54) is 11.3 Å². The quantitative estimate of drug-likeness (QED) is 0.614. The molecule has 1 fully saturated rings. The zero-order valence-electron chi connectivity index (χ0n) is 16.2. The molecule has 0 unspecified atom stereocenters. The number of benzene rings is 1. The number of aromatic nitrogens is 2. The molecule has 0 aliphatic carbocycles. The molecule has 1 aliphatic heterocycles. The lowest BCUT2D eigenvalue weighted by Gasteiger charge is -2.29. The second-order valence-electron chi connectivity index (χ2n) is 7.63. The maximum atomic E-state index is 11.9. The molecule has 0 spiro atoms. The number of sulfone groups is 1. The summed E-state index contributed by atoms with van der Waals surface area (Å²) < 4.78 is 26.3. The highest BCUT2D eigenvalue weighted by Crippen LogP contribution is 2.26. The van der Waals surface area contributed by atoms with Crippen molar-refractivity contribution in [3.8, 4) is 0 Å². The van der Waals surface area contributed by atoms with Gasteiger partial charge in [0.1, 0.15) is 0 Å². The van der Waals surface area contributed by atoms with E-state index in [9.17, 15) is 8.42 Å². The summed E-state index contributed by atoms with van der Waals surface area (Å²) in [4.78, 5) is 2.19. The Labute approximate surface area is 180 Å². The molecule has 1 N–H and O–H groups in total. The van der Waals surface area contributed by atoms with Crippen molar-refractivity contribution in [1.82, 2.24) is 14.7 Å². The first kappa shape index (κ1) is 21.7. The van der Waals surface area contributed by atoms with Crippen molar-refractivity contribution in [2.75, 3.05) is 23.4 Å². The minimum Gasteiger partial charge on any atom is -0.330 e. The Morgan fingerprint density at radius 1 is 1.46 bits per heavy atom. The minimum atomic E-state index is -2.94. The number of hydrogen-bond acceptors (Lipinski definition) is 7. The van der Waals surface area contributed by atoms with Gasteiger partial charge >= 0.3 is 0 Å². The predicted molar refractivity (Wildman–Crippen MR) is 119 cm³/mol. The van der Waals surface area contributed by atoms with Gasteiger partial charge in [-0.3, -0.25) is 4.90 Å². The number of hydrogen-bond donors (Lipinski definition) is 1. The number of nitrogens with zero attached hydrogens (tertiary/aromatic N) is 3. The molecule has 1 saturated heterocycles. The molecule has 0 amide bonds. The third kappa shape index (κ3) is 5.54. The van der Waals surface area contributed by atoms with E-state index in [0.717, 1.165) is 17.8 Å². The van der Waals surface area contributed by atoms with Crippen LogP contribution >= 0.6 is 35.2 Å². The molecule has 1 aromatic carbocycles. The zero-order valence-corrected chi connectivity index (χ0v) is 19.4. The fourth-order valence-corrected chi connectivity index (χ4v) is 6.22. The summed E-state index contributed by atoms with van der Waals surface area (Å²) in [6, 6.07) is 5.78. The molecule has 154 valence electrons. The van der Waals surface area contributed by atoms with Crippen molar-refractivity contribution >= 4 is 55.8 Å². The standard InChI is InChI=1S/C18H25ClN4O2S3/c1-12(2)9-22(15-6-7-28(24,25)10-15)11-23-18(26)27-17(21-23)20-14-5-4-13(3)16(19)8-14/h4-5,8,12,15H,6-7,9-11H2,1-3H3,(H,20,21)/t15-/m0/s1. The lowest BCUT2D eigenvalue weighted by atomic mass is 10.1. The fourth-order valence-electron chi connectivity index (χ4n) is 3.27. The van der Waals surface area contributed by atoms with Gasteiger partial charge in [0.15, 0.2) is 13.8 Å². The fraction of sp³-hybridized carbons (Fsp3) is 0.556. The van der Waals surface area contributed by atoms with Crippen LogP contribution in [0.15, 0.2) is 18.2 Å². The first-order valence-corrected chi connectivity index (χ1v) is 12.6. The number of rotatable bonds is 7. The topological polar surface area (TPSA) is 67.2 Å². The zero-order chi connectivity index (χ0) is 20.5. The second kappa shape index (κ2) is 8.79. The normalized spacial score (nSPS) is 18.9. The highest BCUT2D eigenvalue weighted by molar-refractivity contribution is 7.91. The number of nitrogens with one attached hydrogen (secondary N) is 1. The highest BCUT2D eigenvalue weighted by Gasteiger charge is 2.32. The maximum absolute atomic E-state index is 11.9. The van der Waals surface area contributed by atoms with Crippen LogP contribution in [0.4, 0.5) is 10.8 Å². The minimum absolute atomic E-state index is 0.0170. The van der Waals surface area contributed by atoms with Gasteiger partial charge in [0.2, 0.25) is 5.13 Å². The molecule has 2 heterocycles. The summed E-state index contributed by atoms with van der Waals surface area (Å²) in [5, 5.41) is 9.23. The van der Waals surface area contributed by atoms with E-state index >= 15 is 0 Å². The van der Waals surface area contributed by atoms with Crippen LogP contribution in [0.3, 0.4) is 0 Å². The van der Waals surface area contributed by atoms with Gasteiger partial charge in [-0.1, -0.05) is 42.9 Å². The van der Waals surface area contributed by atoms with Crippen molar-refractivity contribution in [2.24, 2.45) is 5.92 Å². The predicted octanol–water partition coefficient (Wildman–Crippen LogP) is 4.48. The van der Waals surface area contributed by atoms with Crippen LogP contribution in [0.5, 0.6) is 0 Å². The Kier molecular flexibility index (Phi) is 6.81. The van der Waals surface area contributed by atoms with Crippen LogP contribution in [0.2, 0.25) is 5.02 Å². The van der Waals surface area contributed by atoms with E-state index < -0.39 is 9.84 Å². The van der Waals surface area contributed by atoms with E-state index in [1.807, 2.05) is 25.1 Å². The Balaban J connectivity index is 1.76. The number of halogens is 1. The molecular weight excluding hydrogens is 436 g/mol. The summed E-state index contributed by atoms with van der Waals surface area (Å²) in [5.41, 5.74) is 1.87. The largest absolute Gasteiger partial charge is 0.330 e.